The minimum absolute atomic E-state index is 0.200. The number of rotatable bonds is 2. The van der Waals surface area contributed by atoms with Crippen LogP contribution >= 0.6 is 0 Å². The summed E-state index contributed by atoms with van der Waals surface area (Å²) < 4.78 is 0. The Kier molecular flexibility index (Phi) is 2.49. The molecule has 2 aromatic rings. The second-order valence-corrected chi connectivity index (χ2v) is 3.18. The molecule has 1 heterocycles. The number of anilines is 2. The van der Waals surface area contributed by atoms with Gasteiger partial charge in [-0.1, -0.05) is 18.2 Å². The van der Waals surface area contributed by atoms with Crippen LogP contribution < -0.4 is 11.1 Å². The van der Waals surface area contributed by atoms with Gasteiger partial charge in [-0.15, -0.1) is 0 Å². The summed E-state index contributed by atoms with van der Waals surface area (Å²) >= 11 is 0. The third-order valence-corrected chi connectivity index (χ3v) is 2.30. The summed E-state index contributed by atoms with van der Waals surface area (Å²) in [6.07, 6.45) is 0. The van der Waals surface area contributed by atoms with Crippen LogP contribution in [-0.4, -0.2) is 12.0 Å². The number of nitrogens with zero attached hydrogens (tertiary/aromatic N) is 4. The van der Waals surface area contributed by atoms with Gasteiger partial charge in [-0.25, -0.2) is 4.98 Å². The topological polar surface area (TPSA) is 99.7 Å². The number of azide groups is 1. The van der Waals surface area contributed by atoms with Crippen LogP contribution in [0.4, 0.5) is 17.2 Å². The summed E-state index contributed by atoms with van der Waals surface area (Å²) in [5.74, 6) is 0.200. The first-order chi connectivity index (χ1) is 7.77. The third-order valence-electron chi connectivity index (χ3n) is 2.30. The quantitative estimate of drug-likeness (QED) is 0.456. The van der Waals surface area contributed by atoms with E-state index in [-0.39, 0.29) is 5.82 Å². The normalized spacial score (nSPS) is 9.81. The van der Waals surface area contributed by atoms with Gasteiger partial charge in [-0.05, 0) is 16.7 Å². The standard InChI is InChI=1S/C10H10N6/c1-13-9-6-4-2-3-5-7(6)14-10(8(9)11)15-16-12/h2-5H,11H2,1H3,(H,13,14). The Morgan fingerprint density at radius 2 is 2.19 bits per heavy atom. The van der Waals surface area contributed by atoms with Crippen molar-refractivity contribution in [3.8, 4) is 0 Å². The molecule has 0 aliphatic rings. The maximum atomic E-state index is 8.42. The highest BCUT2D eigenvalue weighted by atomic mass is 15.2. The van der Waals surface area contributed by atoms with E-state index in [2.05, 4.69) is 20.3 Å². The van der Waals surface area contributed by atoms with Crippen molar-refractivity contribution in [1.82, 2.24) is 4.98 Å². The van der Waals surface area contributed by atoms with Crippen molar-refractivity contribution in [3.63, 3.8) is 0 Å². The van der Waals surface area contributed by atoms with Crippen LogP contribution in [0.25, 0.3) is 21.3 Å². The molecule has 80 valence electrons. The van der Waals surface area contributed by atoms with E-state index < -0.39 is 0 Å². The molecule has 0 radical (unpaired) electrons. The molecular weight excluding hydrogens is 204 g/mol. The summed E-state index contributed by atoms with van der Waals surface area (Å²) in [5, 5.41) is 7.36. The number of hydrogen-bond donors (Lipinski definition) is 2. The molecule has 1 aromatic carbocycles. The van der Waals surface area contributed by atoms with Crippen molar-refractivity contribution in [2.45, 2.75) is 0 Å². The van der Waals surface area contributed by atoms with Gasteiger partial charge in [0.2, 0.25) is 0 Å². The number of nitrogens with two attached hydrogens (primary N) is 1. The molecular formula is C10H10N6. The zero-order chi connectivity index (χ0) is 11.5. The Morgan fingerprint density at radius 1 is 1.44 bits per heavy atom. The van der Waals surface area contributed by atoms with Gasteiger partial charge in [-0.3, -0.25) is 0 Å². The number of para-hydroxylation sites is 1. The third kappa shape index (κ3) is 1.47. The summed E-state index contributed by atoms with van der Waals surface area (Å²) in [6, 6.07) is 7.51. The van der Waals surface area contributed by atoms with Crippen molar-refractivity contribution in [3.05, 3.63) is 34.7 Å². The van der Waals surface area contributed by atoms with Crippen LogP contribution in [0.2, 0.25) is 0 Å². The second kappa shape index (κ2) is 3.96. The number of fused-ring (bicyclic) bond motifs is 1. The number of aromatic nitrogens is 1. The van der Waals surface area contributed by atoms with E-state index in [0.29, 0.717) is 5.69 Å². The van der Waals surface area contributed by atoms with E-state index in [0.717, 1.165) is 16.6 Å². The van der Waals surface area contributed by atoms with Crippen LogP contribution in [0.5, 0.6) is 0 Å². The molecule has 1 aromatic heterocycles. The predicted molar refractivity (Wildman–Crippen MR) is 64.5 cm³/mol. The van der Waals surface area contributed by atoms with Gasteiger partial charge < -0.3 is 11.1 Å². The lowest BCUT2D eigenvalue weighted by molar-refractivity contribution is 1.31. The van der Waals surface area contributed by atoms with E-state index in [1.54, 1.807) is 7.05 Å². The second-order valence-electron chi connectivity index (χ2n) is 3.18. The molecule has 6 nitrogen and oxygen atoms in total. The lowest BCUT2D eigenvalue weighted by atomic mass is 10.1. The molecule has 0 spiro atoms. The number of benzene rings is 1. The molecule has 0 atom stereocenters. The van der Waals surface area contributed by atoms with Crippen LogP contribution in [-0.2, 0) is 0 Å². The van der Waals surface area contributed by atoms with E-state index >= 15 is 0 Å². The molecule has 0 saturated heterocycles. The highest BCUT2D eigenvalue weighted by Gasteiger charge is 2.09. The largest absolute Gasteiger partial charge is 0.395 e. The molecule has 6 heteroatoms. The molecule has 0 bridgehead atoms. The monoisotopic (exact) mass is 214 g/mol. The Bertz CT molecular complexity index is 585. The molecule has 16 heavy (non-hydrogen) atoms. The Morgan fingerprint density at radius 3 is 2.88 bits per heavy atom. The van der Waals surface area contributed by atoms with Crippen molar-refractivity contribution >= 4 is 28.1 Å². The fourth-order valence-electron chi connectivity index (χ4n) is 1.60. The van der Waals surface area contributed by atoms with Crippen LogP contribution in [0.1, 0.15) is 0 Å². The Balaban J connectivity index is 2.87. The number of nitrogens with one attached hydrogen (secondary N) is 1. The van der Waals surface area contributed by atoms with E-state index in [1.165, 1.54) is 0 Å². The molecule has 0 aliphatic carbocycles. The van der Waals surface area contributed by atoms with Crippen molar-refractivity contribution in [1.29, 1.82) is 0 Å². The van der Waals surface area contributed by atoms with E-state index in [9.17, 15) is 0 Å². The maximum Gasteiger partial charge on any atom is 0.152 e. The van der Waals surface area contributed by atoms with Crippen molar-refractivity contribution in [2.24, 2.45) is 5.11 Å². The molecule has 0 saturated carbocycles. The Hall–Kier alpha value is -2.46. The Labute approximate surface area is 91.7 Å². The molecule has 0 amide bonds. The first-order valence-corrected chi connectivity index (χ1v) is 4.69. The van der Waals surface area contributed by atoms with Gasteiger partial charge >= 0.3 is 0 Å². The minimum Gasteiger partial charge on any atom is -0.395 e. The lowest BCUT2D eigenvalue weighted by Gasteiger charge is -2.10. The van der Waals surface area contributed by atoms with E-state index in [1.807, 2.05) is 24.3 Å². The van der Waals surface area contributed by atoms with Gasteiger partial charge in [0.1, 0.15) is 0 Å². The highest BCUT2D eigenvalue weighted by Crippen LogP contribution is 2.34. The highest BCUT2D eigenvalue weighted by molar-refractivity contribution is 6.00. The van der Waals surface area contributed by atoms with Gasteiger partial charge in [0, 0.05) is 17.3 Å². The fourth-order valence-corrected chi connectivity index (χ4v) is 1.60. The number of hydrogen-bond acceptors (Lipinski definition) is 4. The molecule has 0 fully saturated rings. The van der Waals surface area contributed by atoms with Crippen LogP contribution in [0, 0.1) is 0 Å². The summed E-state index contributed by atoms with van der Waals surface area (Å²) in [5.41, 5.74) is 16.1. The van der Waals surface area contributed by atoms with E-state index in [4.69, 9.17) is 11.3 Å². The SMILES string of the molecule is CNc1c(N)c(N=[N+]=[N-])nc2ccccc12. The van der Waals surface area contributed by atoms with Crippen molar-refractivity contribution in [2.75, 3.05) is 18.1 Å². The van der Waals surface area contributed by atoms with Gasteiger partial charge in [0.25, 0.3) is 0 Å². The first kappa shape index (κ1) is 10.1. The zero-order valence-electron chi connectivity index (χ0n) is 8.68. The molecule has 0 aliphatic heterocycles. The van der Waals surface area contributed by atoms with Crippen LogP contribution in [0.15, 0.2) is 29.4 Å². The smallest absolute Gasteiger partial charge is 0.152 e. The van der Waals surface area contributed by atoms with Crippen molar-refractivity contribution < 1.29 is 0 Å². The molecule has 0 unspecified atom stereocenters. The minimum atomic E-state index is 0.200. The lowest BCUT2D eigenvalue weighted by Crippen LogP contribution is -1.98. The zero-order valence-corrected chi connectivity index (χ0v) is 8.68. The number of pyridine rings is 1. The summed E-state index contributed by atoms with van der Waals surface area (Å²) in [7, 11) is 1.76. The van der Waals surface area contributed by atoms with Crippen LogP contribution in [0.3, 0.4) is 0 Å². The summed E-state index contributed by atoms with van der Waals surface area (Å²) in [6.45, 7) is 0. The molecule has 3 N–H and O–H groups in total. The number of nitrogen functional groups attached to an aromatic ring is 1. The van der Waals surface area contributed by atoms with Gasteiger partial charge in [-0.2, -0.15) is 0 Å². The summed E-state index contributed by atoms with van der Waals surface area (Å²) in [4.78, 5) is 6.89. The first-order valence-electron chi connectivity index (χ1n) is 4.69. The van der Waals surface area contributed by atoms with Gasteiger partial charge in [0.15, 0.2) is 5.82 Å². The maximum absolute atomic E-state index is 8.42. The average molecular weight is 214 g/mol. The predicted octanol–water partition coefficient (Wildman–Crippen LogP) is 2.80. The van der Waals surface area contributed by atoms with Gasteiger partial charge in [0.05, 0.1) is 16.9 Å². The fraction of sp³-hybridized carbons (Fsp3) is 0.100. The molecule has 2 rings (SSSR count). The average Bonchev–Trinajstić information content (AvgIpc) is 2.31.